The number of benzene rings is 1. The number of carboxylic acids is 1. The lowest BCUT2D eigenvalue weighted by Gasteiger charge is -2.11. The molecule has 0 saturated carbocycles. The van der Waals surface area contributed by atoms with Gasteiger partial charge in [-0.15, -0.1) is 0 Å². The summed E-state index contributed by atoms with van der Waals surface area (Å²) in [5.41, 5.74) is 1.79. The van der Waals surface area contributed by atoms with Gasteiger partial charge in [-0.2, -0.15) is 5.26 Å². The van der Waals surface area contributed by atoms with Gasteiger partial charge in [0, 0.05) is 12.2 Å². The molecule has 2 amide bonds. The highest BCUT2D eigenvalue weighted by molar-refractivity contribution is 5.90. The third-order valence-electron chi connectivity index (χ3n) is 2.61. The van der Waals surface area contributed by atoms with Gasteiger partial charge < -0.3 is 15.7 Å². The Hall–Kier alpha value is -2.55. The van der Waals surface area contributed by atoms with Crippen LogP contribution < -0.4 is 10.6 Å². The Morgan fingerprint density at radius 1 is 1.47 bits per heavy atom. The highest BCUT2D eigenvalue weighted by atomic mass is 16.4. The second-order valence-electron chi connectivity index (χ2n) is 4.22. The van der Waals surface area contributed by atoms with Crippen LogP contribution in [0.2, 0.25) is 0 Å². The van der Waals surface area contributed by atoms with E-state index in [0.29, 0.717) is 11.3 Å². The van der Waals surface area contributed by atoms with E-state index in [1.54, 1.807) is 25.1 Å². The second kappa shape index (κ2) is 6.40. The lowest BCUT2D eigenvalue weighted by molar-refractivity contribution is -0.140. The fraction of sp³-hybridized carbons (Fsp3) is 0.308. The lowest BCUT2D eigenvalue weighted by atomic mass is 10.1. The third-order valence-corrected chi connectivity index (χ3v) is 2.61. The Kier molecular flexibility index (Phi) is 4.89. The first-order valence-electron chi connectivity index (χ1n) is 5.72. The average Bonchev–Trinajstić information content (AvgIpc) is 2.38. The van der Waals surface area contributed by atoms with E-state index in [0.717, 1.165) is 5.56 Å². The number of rotatable bonds is 4. The van der Waals surface area contributed by atoms with Crippen LogP contribution in [-0.2, 0) is 4.79 Å². The minimum Gasteiger partial charge on any atom is -0.481 e. The molecule has 0 spiro atoms. The molecule has 6 heteroatoms. The van der Waals surface area contributed by atoms with E-state index in [9.17, 15) is 9.59 Å². The van der Waals surface area contributed by atoms with Gasteiger partial charge in [0.25, 0.3) is 0 Å². The zero-order valence-electron chi connectivity index (χ0n) is 10.7. The van der Waals surface area contributed by atoms with Gasteiger partial charge in [0.2, 0.25) is 0 Å². The summed E-state index contributed by atoms with van der Waals surface area (Å²) >= 11 is 0. The summed E-state index contributed by atoms with van der Waals surface area (Å²) in [5.74, 6) is -1.62. The molecule has 1 aromatic carbocycles. The Labute approximate surface area is 111 Å². The Morgan fingerprint density at radius 2 is 2.16 bits per heavy atom. The highest BCUT2D eigenvalue weighted by Crippen LogP contribution is 2.16. The molecular weight excluding hydrogens is 246 g/mol. The van der Waals surface area contributed by atoms with Crippen LogP contribution in [0.1, 0.15) is 18.1 Å². The van der Waals surface area contributed by atoms with Crippen LogP contribution in [-0.4, -0.2) is 23.7 Å². The molecule has 0 bridgehead atoms. The van der Waals surface area contributed by atoms with E-state index < -0.39 is 17.9 Å². The molecule has 0 aliphatic carbocycles. The Morgan fingerprint density at radius 3 is 2.74 bits per heavy atom. The number of nitriles is 1. The molecule has 19 heavy (non-hydrogen) atoms. The zero-order chi connectivity index (χ0) is 14.4. The van der Waals surface area contributed by atoms with Crippen LogP contribution in [0.25, 0.3) is 0 Å². The van der Waals surface area contributed by atoms with Gasteiger partial charge in [-0.1, -0.05) is 13.0 Å². The highest BCUT2D eigenvalue weighted by Gasteiger charge is 2.12. The number of aliphatic carboxylic acids is 1. The van der Waals surface area contributed by atoms with Crippen LogP contribution in [0.3, 0.4) is 0 Å². The second-order valence-corrected chi connectivity index (χ2v) is 4.22. The summed E-state index contributed by atoms with van der Waals surface area (Å²) in [4.78, 5) is 22.2. The maximum atomic E-state index is 11.6. The normalized spacial score (nSPS) is 11.2. The molecule has 3 N–H and O–H groups in total. The number of carbonyl (C=O) groups is 2. The topological polar surface area (TPSA) is 102 Å². The first-order valence-corrected chi connectivity index (χ1v) is 5.72. The monoisotopic (exact) mass is 261 g/mol. The minimum atomic E-state index is -0.969. The van der Waals surface area contributed by atoms with Gasteiger partial charge in [0.1, 0.15) is 0 Å². The number of hydrogen-bond acceptors (Lipinski definition) is 3. The fourth-order valence-corrected chi connectivity index (χ4v) is 1.33. The molecule has 1 atom stereocenters. The standard InChI is InChI=1S/C13H15N3O3/c1-8-3-4-10(6-14)5-11(8)16-13(19)15-7-9(2)12(17)18/h3-5,9H,7H2,1-2H3,(H,17,18)(H2,15,16,19). The van der Waals surface area contributed by atoms with Gasteiger partial charge in [-0.25, -0.2) is 4.79 Å². The molecule has 0 saturated heterocycles. The number of anilines is 1. The first kappa shape index (κ1) is 14.5. The molecule has 0 heterocycles. The summed E-state index contributed by atoms with van der Waals surface area (Å²) in [7, 11) is 0. The zero-order valence-corrected chi connectivity index (χ0v) is 10.7. The van der Waals surface area contributed by atoms with Gasteiger partial charge >= 0.3 is 12.0 Å². The van der Waals surface area contributed by atoms with Crippen molar-refractivity contribution < 1.29 is 14.7 Å². The van der Waals surface area contributed by atoms with E-state index >= 15 is 0 Å². The van der Waals surface area contributed by atoms with E-state index in [4.69, 9.17) is 10.4 Å². The number of carboxylic acid groups (broad SMARTS) is 1. The van der Waals surface area contributed by atoms with Crippen LogP contribution in [0.15, 0.2) is 18.2 Å². The first-order chi connectivity index (χ1) is 8.93. The predicted molar refractivity (Wildman–Crippen MR) is 69.7 cm³/mol. The van der Waals surface area contributed by atoms with Crippen molar-refractivity contribution in [3.63, 3.8) is 0 Å². The predicted octanol–water partition coefficient (Wildman–Crippen LogP) is 1.71. The summed E-state index contributed by atoms with van der Waals surface area (Å²) in [6.45, 7) is 3.35. The molecule has 100 valence electrons. The SMILES string of the molecule is Cc1ccc(C#N)cc1NC(=O)NCC(C)C(=O)O. The number of urea groups is 1. The van der Waals surface area contributed by atoms with Crippen LogP contribution >= 0.6 is 0 Å². The van der Waals surface area contributed by atoms with Gasteiger partial charge in [0.15, 0.2) is 0 Å². The van der Waals surface area contributed by atoms with Crippen LogP contribution in [0.4, 0.5) is 10.5 Å². The van der Waals surface area contributed by atoms with E-state index in [1.807, 2.05) is 6.07 Å². The largest absolute Gasteiger partial charge is 0.481 e. The van der Waals surface area contributed by atoms with Crippen molar-refractivity contribution in [2.24, 2.45) is 5.92 Å². The number of nitrogens with one attached hydrogen (secondary N) is 2. The summed E-state index contributed by atoms with van der Waals surface area (Å²) in [5, 5.41) is 22.5. The van der Waals surface area contributed by atoms with Crippen LogP contribution in [0.5, 0.6) is 0 Å². The van der Waals surface area contributed by atoms with Crippen molar-refractivity contribution >= 4 is 17.7 Å². The maximum Gasteiger partial charge on any atom is 0.319 e. The van der Waals surface area contributed by atoms with E-state index in [2.05, 4.69) is 10.6 Å². The average molecular weight is 261 g/mol. The number of hydrogen-bond donors (Lipinski definition) is 3. The summed E-state index contributed by atoms with van der Waals surface area (Å²) in [6, 6.07) is 6.44. The van der Waals surface area contributed by atoms with Crippen molar-refractivity contribution in [2.45, 2.75) is 13.8 Å². The Balaban J connectivity index is 2.62. The van der Waals surface area contributed by atoms with Crippen molar-refractivity contribution in [1.82, 2.24) is 5.32 Å². The van der Waals surface area contributed by atoms with Gasteiger partial charge in [-0.3, -0.25) is 4.79 Å². The van der Waals surface area contributed by atoms with Crippen LogP contribution in [0, 0.1) is 24.2 Å². The van der Waals surface area contributed by atoms with Crippen molar-refractivity contribution in [1.29, 1.82) is 5.26 Å². The maximum absolute atomic E-state index is 11.6. The molecule has 0 aliphatic heterocycles. The summed E-state index contributed by atoms with van der Waals surface area (Å²) < 4.78 is 0. The molecule has 0 fully saturated rings. The quantitative estimate of drug-likeness (QED) is 0.767. The van der Waals surface area contributed by atoms with Crippen molar-refractivity contribution in [3.05, 3.63) is 29.3 Å². The molecule has 1 unspecified atom stereocenters. The Bertz CT molecular complexity index is 534. The fourth-order valence-electron chi connectivity index (χ4n) is 1.33. The van der Waals surface area contributed by atoms with Crippen molar-refractivity contribution in [3.8, 4) is 6.07 Å². The van der Waals surface area contributed by atoms with E-state index in [1.165, 1.54) is 6.92 Å². The minimum absolute atomic E-state index is 0.0398. The van der Waals surface area contributed by atoms with Gasteiger partial charge in [0.05, 0.1) is 17.6 Å². The number of carbonyl (C=O) groups excluding carboxylic acids is 1. The van der Waals surface area contributed by atoms with E-state index in [-0.39, 0.29) is 6.54 Å². The molecule has 0 radical (unpaired) electrons. The van der Waals surface area contributed by atoms with Gasteiger partial charge in [-0.05, 0) is 24.6 Å². The number of aryl methyl sites for hydroxylation is 1. The smallest absolute Gasteiger partial charge is 0.319 e. The molecule has 0 aromatic heterocycles. The molecule has 1 rings (SSSR count). The molecule has 1 aromatic rings. The molecule has 0 aliphatic rings. The summed E-state index contributed by atoms with van der Waals surface area (Å²) in [6.07, 6.45) is 0. The number of nitrogens with zero attached hydrogens (tertiary/aromatic N) is 1. The number of amides is 2. The lowest BCUT2D eigenvalue weighted by Crippen LogP contribution is -2.34. The third kappa shape index (κ3) is 4.32. The molecular formula is C13H15N3O3. The molecule has 6 nitrogen and oxygen atoms in total. The van der Waals surface area contributed by atoms with Crippen molar-refractivity contribution in [2.75, 3.05) is 11.9 Å².